The number of benzene rings is 1. The Labute approximate surface area is 121 Å². The summed E-state index contributed by atoms with van der Waals surface area (Å²) in [5.74, 6) is 0.803. The van der Waals surface area contributed by atoms with Gasteiger partial charge in [-0.25, -0.2) is 0 Å². The standard InChI is InChI=1S/C15H17F2N3O/c1-9(10-2-3-10)20-8-13(18)14(19-20)11-4-6-12(7-5-11)21-15(16)17/h4-10,15H,2-3,18H2,1H3. The zero-order valence-electron chi connectivity index (χ0n) is 11.7. The van der Waals surface area contributed by atoms with Crippen molar-refractivity contribution in [2.45, 2.75) is 32.4 Å². The van der Waals surface area contributed by atoms with Gasteiger partial charge in [-0.15, -0.1) is 0 Å². The lowest BCUT2D eigenvalue weighted by molar-refractivity contribution is -0.0498. The van der Waals surface area contributed by atoms with Gasteiger partial charge < -0.3 is 10.5 Å². The topological polar surface area (TPSA) is 53.1 Å². The molecular weight excluding hydrogens is 276 g/mol. The molecule has 1 saturated carbocycles. The van der Waals surface area contributed by atoms with Crippen molar-refractivity contribution in [3.8, 4) is 17.0 Å². The van der Waals surface area contributed by atoms with Gasteiger partial charge in [-0.3, -0.25) is 4.68 Å². The molecule has 4 nitrogen and oxygen atoms in total. The lowest BCUT2D eigenvalue weighted by atomic mass is 10.1. The number of alkyl halides is 2. The minimum absolute atomic E-state index is 0.123. The molecule has 0 radical (unpaired) electrons. The lowest BCUT2D eigenvalue weighted by Crippen LogP contribution is -2.07. The molecular formula is C15H17F2N3O. The summed E-state index contributed by atoms with van der Waals surface area (Å²) in [6.45, 7) is -0.687. The maximum absolute atomic E-state index is 12.1. The van der Waals surface area contributed by atoms with E-state index in [2.05, 4.69) is 16.8 Å². The molecule has 1 aromatic carbocycles. The first-order chi connectivity index (χ1) is 10.0. The molecule has 2 N–H and O–H groups in total. The van der Waals surface area contributed by atoms with Crippen LogP contribution in [0.15, 0.2) is 30.5 Å². The van der Waals surface area contributed by atoms with Crippen LogP contribution in [0.4, 0.5) is 14.5 Å². The van der Waals surface area contributed by atoms with Crippen LogP contribution in [0.2, 0.25) is 0 Å². The average Bonchev–Trinajstić information content (AvgIpc) is 3.21. The third-order valence-electron chi connectivity index (χ3n) is 3.83. The second kappa shape index (κ2) is 5.35. The maximum Gasteiger partial charge on any atom is 0.387 e. The van der Waals surface area contributed by atoms with E-state index in [0.29, 0.717) is 23.3 Å². The maximum atomic E-state index is 12.1. The fourth-order valence-corrected chi connectivity index (χ4v) is 2.43. The molecule has 1 heterocycles. The molecule has 0 aliphatic heterocycles. The van der Waals surface area contributed by atoms with Gasteiger partial charge in [0.05, 0.1) is 11.7 Å². The van der Waals surface area contributed by atoms with Gasteiger partial charge in [0.25, 0.3) is 0 Å². The Morgan fingerprint density at radius 3 is 2.52 bits per heavy atom. The highest BCUT2D eigenvalue weighted by Gasteiger charge is 2.30. The minimum Gasteiger partial charge on any atom is -0.435 e. The van der Waals surface area contributed by atoms with Crippen molar-refractivity contribution in [2.75, 3.05) is 5.73 Å². The summed E-state index contributed by atoms with van der Waals surface area (Å²) >= 11 is 0. The minimum atomic E-state index is -2.82. The molecule has 3 rings (SSSR count). The number of rotatable bonds is 5. The lowest BCUT2D eigenvalue weighted by Gasteiger charge is -2.09. The van der Waals surface area contributed by atoms with Crippen molar-refractivity contribution in [1.82, 2.24) is 9.78 Å². The molecule has 0 bridgehead atoms. The van der Waals surface area contributed by atoms with Crippen LogP contribution in [-0.2, 0) is 0 Å². The van der Waals surface area contributed by atoms with Crippen LogP contribution in [-0.4, -0.2) is 16.4 Å². The Balaban J connectivity index is 1.82. The molecule has 1 aliphatic carbocycles. The van der Waals surface area contributed by atoms with Gasteiger partial charge in [0.2, 0.25) is 0 Å². The Bertz CT molecular complexity index is 620. The van der Waals surface area contributed by atoms with E-state index in [1.165, 1.54) is 25.0 Å². The number of hydrogen-bond donors (Lipinski definition) is 1. The zero-order valence-corrected chi connectivity index (χ0v) is 11.7. The van der Waals surface area contributed by atoms with Crippen LogP contribution in [0, 0.1) is 5.92 Å². The summed E-state index contributed by atoms with van der Waals surface area (Å²) in [6.07, 6.45) is 4.30. The Morgan fingerprint density at radius 2 is 1.95 bits per heavy atom. The molecule has 0 spiro atoms. The second-order valence-electron chi connectivity index (χ2n) is 5.39. The van der Waals surface area contributed by atoms with Crippen LogP contribution in [0.5, 0.6) is 5.75 Å². The summed E-state index contributed by atoms with van der Waals surface area (Å²) in [5, 5.41) is 4.53. The monoisotopic (exact) mass is 293 g/mol. The highest BCUT2D eigenvalue weighted by atomic mass is 19.3. The van der Waals surface area contributed by atoms with E-state index in [4.69, 9.17) is 5.73 Å². The van der Waals surface area contributed by atoms with Gasteiger partial charge >= 0.3 is 6.61 Å². The number of nitrogen functional groups attached to an aromatic ring is 1. The van der Waals surface area contributed by atoms with Gasteiger partial charge in [0, 0.05) is 11.8 Å². The summed E-state index contributed by atoms with van der Waals surface area (Å²) in [6, 6.07) is 6.68. The predicted molar refractivity (Wildman–Crippen MR) is 76.1 cm³/mol. The Morgan fingerprint density at radius 1 is 1.29 bits per heavy atom. The van der Waals surface area contributed by atoms with Gasteiger partial charge in [0.1, 0.15) is 11.4 Å². The number of nitrogens with two attached hydrogens (primary N) is 1. The van der Waals surface area contributed by atoms with E-state index in [9.17, 15) is 8.78 Å². The van der Waals surface area contributed by atoms with Crippen molar-refractivity contribution in [1.29, 1.82) is 0 Å². The number of halogens is 2. The summed E-state index contributed by atoms with van der Waals surface area (Å²) in [7, 11) is 0. The van der Waals surface area contributed by atoms with E-state index in [1.807, 2.05) is 10.9 Å². The fraction of sp³-hybridized carbons (Fsp3) is 0.400. The number of aromatic nitrogens is 2. The van der Waals surface area contributed by atoms with E-state index in [-0.39, 0.29) is 5.75 Å². The first-order valence-corrected chi connectivity index (χ1v) is 6.94. The summed E-state index contributed by atoms with van der Waals surface area (Å²) < 4.78 is 30.5. The molecule has 0 amide bonds. The van der Waals surface area contributed by atoms with Crippen LogP contribution in [0.1, 0.15) is 25.8 Å². The smallest absolute Gasteiger partial charge is 0.387 e. The fourth-order valence-electron chi connectivity index (χ4n) is 2.43. The van der Waals surface area contributed by atoms with Crippen molar-refractivity contribution in [3.63, 3.8) is 0 Å². The predicted octanol–water partition coefficient (Wildman–Crippen LogP) is 3.70. The van der Waals surface area contributed by atoms with Crippen LogP contribution in [0.25, 0.3) is 11.3 Å². The normalized spacial score (nSPS) is 16.2. The highest BCUT2D eigenvalue weighted by Crippen LogP contribution is 2.40. The quantitative estimate of drug-likeness (QED) is 0.914. The molecule has 1 aliphatic rings. The Kier molecular flexibility index (Phi) is 3.53. The molecule has 2 aromatic rings. The zero-order chi connectivity index (χ0) is 15.0. The molecule has 6 heteroatoms. The van der Waals surface area contributed by atoms with E-state index < -0.39 is 6.61 Å². The van der Waals surface area contributed by atoms with Crippen LogP contribution in [0.3, 0.4) is 0 Å². The Hall–Kier alpha value is -2.11. The third-order valence-corrected chi connectivity index (χ3v) is 3.83. The number of nitrogens with zero attached hydrogens (tertiary/aromatic N) is 2. The van der Waals surface area contributed by atoms with Crippen molar-refractivity contribution >= 4 is 5.69 Å². The second-order valence-corrected chi connectivity index (χ2v) is 5.39. The molecule has 1 unspecified atom stereocenters. The third kappa shape index (κ3) is 2.99. The number of ether oxygens (including phenoxy) is 1. The van der Waals surface area contributed by atoms with Crippen LogP contribution >= 0.6 is 0 Å². The largest absolute Gasteiger partial charge is 0.435 e. The summed E-state index contributed by atoms with van der Waals surface area (Å²) in [5.41, 5.74) is 8.06. The first-order valence-electron chi connectivity index (χ1n) is 6.94. The summed E-state index contributed by atoms with van der Waals surface area (Å²) in [4.78, 5) is 0. The molecule has 1 fully saturated rings. The molecule has 1 aromatic heterocycles. The van der Waals surface area contributed by atoms with Gasteiger partial charge in [-0.05, 0) is 49.9 Å². The first kappa shape index (κ1) is 13.9. The highest BCUT2D eigenvalue weighted by molar-refractivity contribution is 5.72. The van der Waals surface area contributed by atoms with Gasteiger partial charge in [-0.2, -0.15) is 13.9 Å². The number of hydrogen-bond acceptors (Lipinski definition) is 3. The SMILES string of the molecule is CC(C1CC1)n1cc(N)c(-c2ccc(OC(F)F)cc2)n1. The molecule has 112 valence electrons. The average molecular weight is 293 g/mol. The van der Waals surface area contributed by atoms with E-state index >= 15 is 0 Å². The van der Waals surface area contributed by atoms with Crippen molar-refractivity contribution in [2.24, 2.45) is 5.92 Å². The number of anilines is 1. The van der Waals surface area contributed by atoms with E-state index in [0.717, 1.165) is 5.56 Å². The van der Waals surface area contributed by atoms with Crippen molar-refractivity contribution < 1.29 is 13.5 Å². The molecule has 21 heavy (non-hydrogen) atoms. The molecule has 1 atom stereocenters. The molecule has 0 saturated heterocycles. The van der Waals surface area contributed by atoms with E-state index in [1.54, 1.807) is 12.1 Å². The van der Waals surface area contributed by atoms with Crippen LogP contribution < -0.4 is 10.5 Å². The van der Waals surface area contributed by atoms with Gasteiger partial charge in [-0.1, -0.05) is 0 Å². The van der Waals surface area contributed by atoms with Crippen molar-refractivity contribution in [3.05, 3.63) is 30.5 Å². The van der Waals surface area contributed by atoms with Gasteiger partial charge in [0.15, 0.2) is 0 Å².